The topological polar surface area (TPSA) is 15.3 Å². The monoisotopic (exact) mass is 308 g/mol. The molecule has 3 heteroatoms. The molecule has 120 valence electrons. The zero-order chi connectivity index (χ0) is 15.1. The molecule has 2 rings (SSSR count). The largest absolute Gasteiger partial charge is 0.316 e. The molecule has 0 aromatic carbocycles. The lowest BCUT2D eigenvalue weighted by Crippen LogP contribution is -2.43. The molecule has 0 saturated heterocycles. The van der Waals surface area contributed by atoms with E-state index in [9.17, 15) is 0 Å². The van der Waals surface area contributed by atoms with Crippen molar-refractivity contribution < 1.29 is 0 Å². The Morgan fingerprint density at radius 1 is 1.29 bits per heavy atom. The van der Waals surface area contributed by atoms with Gasteiger partial charge in [-0.05, 0) is 50.2 Å². The highest BCUT2D eigenvalue weighted by Gasteiger charge is 2.33. The Kier molecular flexibility index (Phi) is 6.72. The molecule has 1 aromatic heterocycles. The van der Waals surface area contributed by atoms with Crippen LogP contribution in [0.15, 0.2) is 17.5 Å². The average Bonchev–Trinajstić information content (AvgIpc) is 2.93. The molecule has 1 saturated carbocycles. The molecule has 2 nitrogen and oxygen atoms in total. The molecule has 0 amide bonds. The summed E-state index contributed by atoms with van der Waals surface area (Å²) in [6.07, 6.45) is 8.46. The predicted octanol–water partition coefficient (Wildman–Crippen LogP) is 4.69. The number of thiophene rings is 1. The van der Waals surface area contributed by atoms with Crippen molar-refractivity contribution in [3.8, 4) is 0 Å². The van der Waals surface area contributed by atoms with Gasteiger partial charge in [-0.3, -0.25) is 4.90 Å². The maximum absolute atomic E-state index is 3.64. The summed E-state index contributed by atoms with van der Waals surface area (Å²) in [4.78, 5) is 4.07. The molecular weight excluding hydrogens is 276 g/mol. The summed E-state index contributed by atoms with van der Waals surface area (Å²) in [5.41, 5.74) is 0.479. The fraction of sp³-hybridized carbons (Fsp3) is 0.778. The van der Waals surface area contributed by atoms with E-state index in [2.05, 4.69) is 48.6 Å². The van der Waals surface area contributed by atoms with E-state index in [4.69, 9.17) is 0 Å². The number of nitrogens with zero attached hydrogens (tertiary/aromatic N) is 1. The SMILES string of the molecule is CCNCC1(CN(C)C(C)c2cccs2)CCCCCC1. The molecule has 1 atom stereocenters. The highest BCUT2D eigenvalue weighted by molar-refractivity contribution is 7.10. The molecular formula is C18H32N2S. The zero-order valence-corrected chi connectivity index (χ0v) is 14.8. The molecule has 1 aliphatic rings. The van der Waals surface area contributed by atoms with Crippen molar-refractivity contribution in [3.63, 3.8) is 0 Å². The van der Waals surface area contributed by atoms with E-state index < -0.39 is 0 Å². The number of rotatable bonds is 7. The molecule has 1 aliphatic carbocycles. The Hall–Kier alpha value is -0.380. The van der Waals surface area contributed by atoms with Crippen molar-refractivity contribution in [3.05, 3.63) is 22.4 Å². The lowest BCUT2D eigenvalue weighted by atomic mass is 9.79. The maximum atomic E-state index is 3.64. The Morgan fingerprint density at radius 2 is 2.00 bits per heavy atom. The first-order chi connectivity index (χ1) is 10.2. The van der Waals surface area contributed by atoms with Gasteiger partial charge in [0.2, 0.25) is 0 Å². The van der Waals surface area contributed by atoms with E-state index in [0.29, 0.717) is 11.5 Å². The van der Waals surface area contributed by atoms with Crippen LogP contribution in [0.5, 0.6) is 0 Å². The third kappa shape index (κ3) is 4.80. The molecule has 1 fully saturated rings. The minimum Gasteiger partial charge on any atom is -0.316 e. The molecule has 0 radical (unpaired) electrons. The van der Waals surface area contributed by atoms with Gasteiger partial charge in [0.15, 0.2) is 0 Å². The number of hydrogen-bond donors (Lipinski definition) is 1. The molecule has 1 aromatic rings. The summed E-state index contributed by atoms with van der Waals surface area (Å²) in [5.74, 6) is 0. The molecule has 0 aliphatic heterocycles. The number of nitrogens with one attached hydrogen (secondary N) is 1. The van der Waals surface area contributed by atoms with Crippen molar-refractivity contribution in [2.75, 3.05) is 26.7 Å². The molecule has 21 heavy (non-hydrogen) atoms. The van der Waals surface area contributed by atoms with Crippen LogP contribution in [0.3, 0.4) is 0 Å². The minimum absolute atomic E-state index is 0.479. The van der Waals surface area contributed by atoms with Crippen molar-refractivity contribution in [2.45, 2.75) is 58.4 Å². The van der Waals surface area contributed by atoms with Gasteiger partial charge in [-0.2, -0.15) is 0 Å². The summed E-state index contributed by atoms with van der Waals surface area (Å²) >= 11 is 1.88. The van der Waals surface area contributed by atoms with Gasteiger partial charge in [0, 0.05) is 24.0 Å². The van der Waals surface area contributed by atoms with Crippen LogP contribution in [-0.4, -0.2) is 31.6 Å². The second-order valence-corrected chi connectivity index (χ2v) is 7.78. The van der Waals surface area contributed by atoms with Crippen molar-refractivity contribution in [1.29, 1.82) is 0 Å². The lowest BCUT2D eigenvalue weighted by molar-refractivity contribution is 0.122. The predicted molar refractivity (Wildman–Crippen MR) is 94.0 cm³/mol. The second-order valence-electron chi connectivity index (χ2n) is 6.80. The lowest BCUT2D eigenvalue weighted by Gasteiger charge is -2.39. The van der Waals surface area contributed by atoms with E-state index in [-0.39, 0.29) is 0 Å². The fourth-order valence-corrected chi connectivity index (χ4v) is 4.52. The summed E-state index contributed by atoms with van der Waals surface area (Å²) in [6.45, 7) is 8.07. The third-order valence-corrected chi connectivity index (χ3v) is 6.16. The van der Waals surface area contributed by atoms with Gasteiger partial charge >= 0.3 is 0 Å². The summed E-state index contributed by atoms with van der Waals surface area (Å²) < 4.78 is 0. The highest BCUT2D eigenvalue weighted by atomic mass is 32.1. The van der Waals surface area contributed by atoms with Gasteiger partial charge in [0.25, 0.3) is 0 Å². The van der Waals surface area contributed by atoms with Gasteiger partial charge in [0.1, 0.15) is 0 Å². The van der Waals surface area contributed by atoms with E-state index in [1.807, 2.05) is 11.3 Å². The summed E-state index contributed by atoms with van der Waals surface area (Å²) in [6, 6.07) is 4.98. The van der Waals surface area contributed by atoms with Crippen LogP contribution in [0, 0.1) is 5.41 Å². The van der Waals surface area contributed by atoms with Crippen LogP contribution >= 0.6 is 11.3 Å². The fourth-order valence-electron chi connectivity index (χ4n) is 3.67. The van der Waals surface area contributed by atoms with Gasteiger partial charge in [-0.15, -0.1) is 11.3 Å². The molecule has 0 spiro atoms. The third-order valence-electron chi connectivity index (χ3n) is 5.12. The van der Waals surface area contributed by atoms with Gasteiger partial charge < -0.3 is 5.32 Å². The average molecular weight is 309 g/mol. The minimum atomic E-state index is 0.479. The quantitative estimate of drug-likeness (QED) is 0.735. The molecule has 1 N–H and O–H groups in total. The Bertz CT molecular complexity index is 380. The first-order valence-corrected chi connectivity index (χ1v) is 9.49. The zero-order valence-electron chi connectivity index (χ0n) is 14.0. The Labute approximate surface area is 134 Å². The van der Waals surface area contributed by atoms with Gasteiger partial charge in [0.05, 0.1) is 0 Å². The van der Waals surface area contributed by atoms with Crippen molar-refractivity contribution in [2.24, 2.45) is 5.41 Å². The standard InChI is InChI=1S/C18H32N2S/c1-4-19-14-18(11-7-5-6-8-12-18)15-20(3)16(2)17-10-9-13-21-17/h9-10,13,16,19H,4-8,11-12,14-15H2,1-3H3. The molecule has 1 unspecified atom stereocenters. The maximum Gasteiger partial charge on any atom is 0.0410 e. The van der Waals surface area contributed by atoms with E-state index in [1.165, 1.54) is 56.5 Å². The van der Waals surface area contributed by atoms with Crippen molar-refractivity contribution in [1.82, 2.24) is 10.2 Å². The smallest absolute Gasteiger partial charge is 0.0410 e. The van der Waals surface area contributed by atoms with Gasteiger partial charge in [-0.25, -0.2) is 0 Å². The summed E-state index contributed by atoms with van der Waals surface area (Å²) in [5, 5.41) is 5.84. The van der Waals surface area contributed by atoms with E-state index in [0.717, 1.165) is 6.54 Å². The van der Waals surface area contributed by atoms with Crippen LogP contribution in [-0.2, 0) is 0 Å². The number of hydrogen-bond acceptors (Lipinski definition) is 3. The van der Waals surface area contributed by atoms with E-state index >= 15 is 0 Å². The Balaban J connectivity index is 2.02. The normalized spacial score (nSPS) is 20.4. The Morgan fingerprint density at radius 3 is 2.57 bits per heavy atom. The van der Waals surface area contributed by atoms with Gasteiger partial charge in [-0.1, -0.05) is 38.7 Å². The first-order valence-electron chi connectivity index (χ1n) is 8.61. The second kappa shape index (κ2) is 8.30. The summed E-state index contributed by atoms with van der Waals surface area (Å²) in [7, 11) is 2.31. The molecule has 1 heterocycles. The molecule has 0 bridgehead atoms. The van der Waals surface area contributed by atoms with Crippen LogP contribution in [0.2, 0.25) is 0 Å². The van der Waals surface area contributed by atoms with Crippen LogP contribution in [0.4, 0.5) is 0 Å². The van der Waals surface area contributed by atoms with E-state index in [1.54, 1.807) is 0 Å². The van der Waals surface area contributed by atoms with Crippen molar-refractivity contribution >= 4 is 11.3 Å². The first kappa shape index (κ1) is 17.0. The van der Waals surface area contributed by atoms with Crippen LogP contribution in [0.25, 0.3) is 0 Å². The van der Waals surface area contributed by atoms with Crippen LogP contribution in [0.1, 0.15) is 63.3 Å². The van der Waals surface area contributed by atoms with Crippen LogP contribution < -0.4 is 5.32 Å². The highest BCUT2D eigenvalue weighted by Crippen LogP contribution is 2.37.